The molecule has 1 aliphatic rings. The van der Waals surface area contributed by atoms with Gasteiger partial charge in [0.1, 0.15) is 0 Å². The Morgan fingerprint density at radius 1 is 1.17 bits per heavy atom. The number of primary amides is 1. The van der Waals surface area contributed by atoms with Crippen molar-refractivity contribution in [2.45, 2.75) is 0 Å². The fourth-order valence-corrected chi connectivity index (χ4v) is 2.94. The molecule has 1 saturated heterocycles. The summed E-state index contributed by atoms with van der Waals surface area (Å²) in [5.41, 5.74) is 6.43. The number of carbonyl (C=O) groups excluding carboxylic acids is 2. The van der Waals surface area contributed by atoms with Crippen LogP contribution in [0, 0.1) is 0 Å². The zero-order valence-electron chi connectivity index (χ0n) is 13.1. The number of rotatable bonds is 4. The molecule has 0 atom stereocenters. The first-order chi connectivity index (χ1) is 11.5. The molecule has 1 aromatic heterocycles. The predicted octanol–water partition coefficient (Wildman–Crippen LogP) is 0.769. The summed E-state index contributed by atoms with van der Waals surface area (Å²) in [4.78, 5) is 27.2. The van der Waals surface area contributed by atoms with E-state index in [0.717, 1.165) is 5.69 Å². The van der Waals surface area contributed by atoms with Crippen LogP contribution in [0.4, 0.5) is 0 Å². The highest BCUT2D eigenvalue weighted by atomic mass is 35.5. The first kappa shape index (κ1) is 16.5. The van der Waals surface area contributed by atoms with Crippen molar-refractivity contribution in [1.82, 2.24) is 19.6 Å². The van der Waals surface area contributed by atoms with E-state index in [1.54, 1.807) is 28.0 Å². The zero-order chi connectivity index (χ0) is 17.1. The minimum atomic E-state index is -0.351. The molecule has 2 aromatic rings. The lowest BCUT2D eigenvalue weighted by Gasteiger charge is -2.33. The van der Waals surface area contributed by atoms with E-state index in [0.29, 0.717) is 36.8 Å². The Morgan fingerprint density at radius 3 is 2.54 bits per heavy atom. The van der Waals surface area contributed by atoms with E-state index in [2.05, 4.69) is 5.10 Å². The summed E-state index contributed by atoms with van der Waals surface area (Å²) >= 11 is 6.15. The van der Waals surface area contributed by atoms with E-state index in [1.807, 2.05) is 23.1 Å². The maximum Gasteiger partial charge on any atom is 0.257 e. The van der Waals surface area contributed by atoms with Crippen LogP contribution in [0.15, 0.2) is 36.7 Å². The Bertz CT molecular complexity index is 752. The molecule has 1 aromatic carbocycles. The van der Waals surface area contributed by atoms with Gasteiger partial charge in [0.2, 0.25) is 5.91 Å². The minimum absolute atomic E-state index is 0.0768. The summed E-state index contributed by atoms with van der Waals surface area (Å²) in [7, 11) is 0. The SMILES string of the molecule is NC(=O)CN1CCN(C(=O)c2cnn(-c3ccccc3Cl)c2)CC1. The average Bonchev–Trinajstić information content (AvgIpc) is 3.04. The number of amides is 2. The number of hydrogen-bond acceptors (Lipinski definition) is 4. The minimum Gasteiger partial charge on any atom is -0.369 e. The van der Waals surface area contributed by atoms with E-state index in [9.17, 15) is 9.59 Å². The molecule has 0 unspecified atom stereocenters. The van der Waals surface area contributed by atoms with Crippen molar-refractivity contribution in [1.29, 1.82) is 0 Å². The molecule has 8 heteroatoms. The van der Waals surface area contributed by atoms with Crippen molar-refractivity contribution in [3.63, 3.8) is 0 Å². The van der Waals surface area contributed by atoms with Crippen molar-refractivity contribution >= 4 is 23.4 Å². The van der Waals surface area contributed by atoms with Crippen LogP contribution in [0.1, 0.15) is 10.4 Å². The van der Waals surface area contributed by atoms with Gasteiger partial charge in [-0.15, -0.1) is 0 Å². The topological polar surface area (TPSA) is 84.5 Å². The van der Waals surface area contributed by atoms with E-state index in [1.165, 1.54) is 0 Å². The van der Waals surface area contributed by atoms with Crippen molar-refractivity contribution in [3.8, 4) is 5.69 Å². The van der Waals surface area contributed by atoms with E-state index >= 15 is 0 Å². The summed E-state index contributed by atoms with van der Waals surface area (Å²) in [5, 5.41) is 4.80. The Hall–Kier alpha value is -2.38. The van der Waals surface area contributed by atoms with Crippen LogP contribution in [-0.4, -0.2) is 64.1 Å². The fraction of sp³-hybridized carbons (Fsp3) is 0.312. The molecule has 1 fully saturated rings. The van der Waals surface area contributed by atoms with Gasteiger partial charge in [-0.05, 0) is 12.1 Å². The quantitative estimate of drug-likeness (QED) is 0.885. The Kier molecular flexibility index (Phi) is 4.82. The molecule has 7 nitrogen and oxygen atoms in total. The first-order valence-electron chi connectivity index (χ1n) is 7.64. The lowest BCUT2D eigenvalue weighted by atomic mass is 10.2. The molecule has 0 bridgehead atoms. The number of para-hydroxylation sites is 1. The third-order valence-electron chi connectivity index (χ3n) is 3.97. The number of hydrogen-bond donors (Lipinski definition) is 1. The van der Waals surface area contributed by atoms with Crippen LogP contribution in [-0.2, 0) is 4.79 Å². The molecule has 2 amide bonds. The molecule has 0 saturated carbocycles. The molecular weight excluding hydrogens is 330 g/mol. The molecule has 2 heterocycles. The maximum absolute atomic E-state index is 12.6. The van der Waals surface area contributed by atoms with Crippen LogP contribution in [0.2, 0.25) is 5.02 Å². The van der Waals surface area contributed by atoms with Crippen LogP contribution >= 0.6 is 11.6 Å². The highest BCUT2D eigenvalue weighted by Crippen LogP contribution is 2.19. The van der Waals surface area contributed by atoms with Gasteiger partial charge in [-0.3, -0.25) is 14.5 Å². The zero-order valence-corrected chi connectivity index (χ0v) is 13.8. The Morgan fingerprint density at radius 2 is 1.88 bits per heavy atom. The monoisotopic (exact) mass is 347 g/mol. The van der Waals surface area contributed by atoms with Gasteiger partial charge in [0, 0.05) is 32.4 Å². The second kappa shape index (κ2) is 7.02. The second-order valence-electron chi connectivity index (χ2n) is 5.66. The van der Waals surface area contributed by atoms with Crippen LogP contribution in [0.25, 0.3) is 5.69 Å². The van der Waals surface area contributed by atoms with E-state index in [4.69, 9.17) is 17.3 Å². The second-order valence-corrected chi connectivity index (χ2v) is 6.07. The number of nitrogens with zero attached hydrogens (tertiary/aromatic N) is 4. The van der Waals surface area contributed by atoms with Crippen molar-refractivity contribution in [2.24, 2.45) is 5.73 Å². The van der Waals surface area contributed by atoms with Gasteiger partial charge in [0.05, 0.1) is 29.0 Å². The average molecular weight is 348 g/mol. The van der Waals surface area contributed by atoms with Crippen molar-refractivity contribution in [2.75, 3.05) is 32.7 Å². The Balaban J connectivity index is 1.67. The lowest BCUT2D eigenvalue weighted by molar-refractivity contribution is -0.119. The van der Waals surface area contributed by atoms with Gasteiger partial charge in [-0.25, -0.2) is 4.68 Å². The molecule has 0 radical (unpaired) electrons. The van der Waals surface area contributed by atoms with Gasteiger partial charge in [-0.2, -0.15) is 5.10 Å². The molecular formula is C16H18ClN5O2. The number of aromatic nitrogens is 2. The number of halogens is 1. The molecule has 3 rings (SSSR count). The number of piperazine rings is 1. The largest absolute Gasteiger partial charge is 0.369 e. The normalized spacial score (nSPS) is 15.5. The maximum atomic E-state index is 12.6. The van der Waals surface area contributed by atoms with Crippen molar-refractivity contribution < 1.29 is 9.59 Å². The van der Waals surface area contributed by atoms with Crippen LogP contribution in [0.3, 0.4) is 0 Å². The summed E-state index contributed by atoms with van der Waals surface area (Å²) in [6.45, 7) is 2.61. The van der Waals surface area contributed by atoms with Crippen LogP contribution in [0.5, 0.6) is 0 Å². The van der Waals surface area contributed by atoms with Gasteiger partial charge >= 0.3 is 0 Å². The standard InChI is InChI=1S/C16H18ClN5O2/c17-13-3-1-2-4-14(13)22-10-12(9-19-22)16(24)21-7-5-20(6-8-21)11-15(18)23/h1-4,9-10H,5-8,11H2,(H2,18,23). The van der Waals surface area contributed by atoms with Crippen molar-refractivity contribution in [3.05, 3.63) is 47.2 Å². The first-order valence-corrected chi connectivity index (χ1v) is 8.02. The fourth-order valence-electron chi connectivity index (χ4n) is 2.71. The Labute approximate surface area is 144 Å². The third-order valence-corrected chi connectivity index (χ3v) is 4.29. The van der Waals surface area contributed by atoms with Gasteiger partial charge in [0.15, 0.2) is 0 Å². The number of nitrogens with two attached hydrogens (primary N) is 1. The number of carbonyl (C=O) groups is 2. The summed E-state index contributed by atoms with van der Waals surface area (Å²) in [5.74, 6) is -0.428. The number of benzene rings is 1. The lowest BCUT2D eigenvalue weighted by Crippen LogP contribution is -2.50. The summed E-state index contributed by atoms with van der Waals surface area (Å²) in [6, 6.07) is 7.32. The van der Waals surface area contributed by atoms with E-state index < -0.39 is 0 Å². The molecule has 0 spiro atoms. The van der Waals surface area contributed by atoms with Gasteiger partial charge in [-0.1, -0.05) is 23.7 Å². The molecule has 1 aliphatic heterocycles. The molecule has 24 heavy (non-hydrogen) atoms. The summed E-state index contributed by atoms with van der Waals surface area (Å²) in [6.07, 6.45) is 3.22. The highest BCUT2D eigenvalue weighted by Gasteiger charge is 2.23. The smallest absolute Gasteiger partial charge is 0.257 e. The third kappa shape index (κ3) is 3.58. The van der Waals surface area contributed by atoms with Gasteiger partial charge < -0.3 is 10.6 Å². The molecule has 126 valence electrons. The molecule has 0 aliphatic carbocycles. The predicted molar refractivity (Wildman–Crippen MR) is 90.1 cm³/mol. The molecule has 2 N–H and O–H groups in total. The van der Waals surface area contributed by atoms with Crippen LogP contribution < -0.4 is 5.73 Å². The van der Waals surface area contributed by atoms with E-state index in [-0.39, 0.29) is 18.4 Å². The highest BCUT2D eigenvalue weighted by molar-refractivity contribution is 6.32. The summed E-state index contributed by atoms with van der Waals surface area (Å²) < 4.78 is 1.60. The van der Waals surface area contributed by atoms with Gasteiger partial charge in [0.25, 0.3) is 5.91 Å².